The molecule has 0 aliphatic heterocycles. The monoisotopic (exact) mass is 341 g/mol. The molecule has 0 bridgehead atoms. The molecule has 0 aliphatic rings. The smallest absolute Gasteiger partial charge is 0.191 e. The molecular weight excluding hydrogens is 310 g/mol. The highest BCUT2D eigenvalue weighted by Crippen LogP contribution is 2.08. The molecule has 2 rings (SSSR count). The topological polar surface area (TPSA) is 54.2 Å². The van der Waals surface area contributed by atoms with Crippen LogP contribution >= 0.6 is 0 Å². The Kier molecular flexibility index (Phi) is 7.51. The molecule has 2 aromatic rings. The molecule has 0 radical (unpaired) electrons. The average molecular weight is 342 g/mol. The van der Waals surface area contributed by atoms with E-state index in [2.05, 4.69) is 70.2 Å². The largest absolute Gasteiger partial charge is 0.354 e. The van der Waals surface area contributed by atoms with Crippen LogP contribution in [-0.4, -0.2) is 28.6 Å². The van der Waals surface area contributed by atoms with Gasteiger partial charge in [-0.25, -0.2) is 4.98 Å². The van der Waals surface area contributed by atoms with E-state index in [9.17, 15) is 0 Å². The van der Waals surface area contributed by atoms with Gasteiger partial charge in [-0.15, -0.1) is 0 Å². The minimum atomic E-state index is 0.418. The Balaban J connectivity index is 1.84. The van der Waals surface area contributed by atoms with Crippen molar-refractivity contribution in [1.82, 2.24) is 20.2 Å². The molecule has 2 N–H and O–H groups in total. The Bertz CT molecular complexity index is 646. The Morgan fingerprint density at radius 3 is 2.68 bits per heavy atom. The van der Waals surface area contributed by atoms with Gasteiger partial charge in [-0.05, 0) is 36.8 Å². The van der Waals surface area contributed by atoms with Gasteiger partial charge >= 0.3 is 0 Å². The van der Waals surface area contributed by atoms with Gasteiger partial charge in [-0.1, -0.05) is 38.1 Å². The number of aliphatic imine (C=N–C) groups is 1. The maximum Gasteiger partial charge on any atom is 0.191 e. The van der Waals surface area contributed by atoms with E-state index in [1.54, 1.807) is 0 Å². The zero-order valence-corrected chi connectivity index (χ0v) is 15.9. The van der Waals surface area contributed by atoms with Gasteiger partial charge in [0.25, 0.3) is 0 Å². The molecule has 0 saturated carbocycles. The number of hydrogen-bond acceptors (Lipinski definition) is 2. The lowest BCUT2D eigenvalue weighted by molar-refractivity contribution is 0.489. The molecule has 5 nitrogen and oxygen atoms in total. The molecule has 0 saturated heterocycles. The van der Waals surface area contributed by atoms with Gasteiger partial charge in [0, 0.05) is 38.6 Å². The van der Waals surface area contributed by atoms with Gasteiger partial charge in [0.1, 0.15) is 0 Å². The molecule has 0 spiro atoms. The molecule has 1 heterocycles. The number of imidazole rings is 1. The number of rotatable bonds is 8. The van der Waals surface area contributed by atoms with Crippen molar-refractivity contribution in [3.05, 3.63) is 54.1 Å². The highest BCUT2D eigenvalue weighted by molar-refractivity contribution is 5.79. The fourth-order valence-corrected chi connectivity index (χ4v) is 2.70. The van der Waals surface area contributed by atoms with Crippen LogP contribution in [0, 0.1) is 5.92 Å². The lowest BCUT2D eigenvalue weighted by Gasteiger charge is -2.19. The van der Waals surface area contributed by atoms with Crippen LogP contribution in [0.5, 0.6) is 0 Å². The van der Waals surface area contributed by atoms with Crippen LogP contribution in [0.2, 0.25) is 0 Å². The van der Waals surface area contributed by atoms with E-state index in [1.807, 2.05) is 25.8 Å². The van der Waals surface area contributed by atoms with Gasteiger partial charge in [0.2, 0.25) is 0 Å². The standard InChI is InChI=1S/C20H31N5/c1-16(2)8-9-17(3)24-20(21-4)23-13-18-6-5-7-19(12-18)14-25-11-10-22-15-25/h5-7,10-12,15-17H,8-9,13-14H2,1-4H3,(H2,21,23,24). The molecule has 136 valence electrons. The summed E-state index contributed by atoms with van der Waals surface area (Å²) in [7, 11) is 1.82. The van der Waals surface area contributed by atoms with E-state index < -0.39 is 0 Å². The second-order valence-corrected chi connectivity index (χ2v) is 7.00. The summed E-state index contributed by atoms with van der Waals surface area (Å²) in [5, 5.41) is 6.88. The average Bonchev–Trinajstić information content (AvgIpc) is 3.10. The molecule has 0 fully saturated rings. The maximum atomic E-state index is 4.34. The third-order valence-corrected chi connectivity index (χ3v) is 4.16. The first-order chi connectivity index (χ1) is 12.1. The lowest BCUT2D eigenvalue weighted by Crippen LogP contribution is -2.41. The van der Waals surface area contributed by atoms with Crippen molar-refractivity contribution in [2.75, 3.05) is 7.05 Å². The Morgan fingerprint density at radius 1 is 1.20 bits per heavy atom. The van der Waals surface area contributed by atoms with Crippen molar-refractivity contribution in [3.8, 4) is 0 Å². The van der Waals surface area contributed by atoms with Gasteiger partial charge in [0.05, 0.1) is 6.33 Å². The highest BCUT2D eigenvalue weighted by atomic mass is 15.2. The fourth-order valence-electron chi connectivity index (χ4n) is 2.70. The van der Waals surface area contributed by atoms with Crippen LogP contribution in [0.4, 0.5) is 0 Å². The van der Waals surface area contributed by atoms with E-state index in [1.165, 1.54) is 17.5 Å². The van der Waals surface area contributed by atoms with E-state index in [0.717, 1.165) is 31.4 Å². The minimum absolute atomic E-state index is 0.418. The first kappa shape index (κ1) is 19.0. The predicted octanol–water partition coefficient (Wildman–Crippen LogP) is 3.42. The van der Waals surface area contributed by atoms with Gasteiger partial charge in [-0.2, -0.15) is 0 Å². The summed E-state index contributed by atoms with van der Waals surface area (Å²) < 4.78 is 2.07. The number of benzene rings is 1. The zero-order valence-electron chi connectivity index (χ0n) is 15.9. The van der Waals surface area contributed by atoms with Crippen LogP contribution in [0.1, 0.15) is 44.7 Å². The van der Waals surface area contributed by atoms with E-state index >= 15 is 0 Å². The predicted molar refractivity (Wildman–Crippen MR) is 105 cm³/mol. The van der Waals surface area contributed by atoms with Crippen molar-refractivity contribution in [2.24, 2.45) is 10.9 Å². The molecular formula is C20H31N5. The third kappa shape index (κ3) is 6.99. The van der Waals surface area contributed by atoms with Crippen molar-refractivity contribution >= 4 is 5.96 Å². The van der Waals surface area contributed by atoms with Crippen molar-refractivity contribution in [3.63, 3.8) is 0 Å². The SMILES string of the molecule is CN=C(NCc1cccc(Cn2ccnc2)c1)NC(C)CCC(C)C. The Labute approximate surface area is 151 Å². The molecule has 25 heavy (non-hydrogen) atoms. The first-order valence-electron chi connectivity index (χ1n) is 9.07. The zero-order chi connectivity index (χ0) is 18.1. The second kappa shape index (κ2) is 9.87. The summed E-state index contributed by atoms with van der Waals surface area (Å²) in [6.07, 6.45) is 8.01. The number of nitrogens with zero attached hydrogens (tertiary/aromatic N) is 3. The van der Waals surface area contributed by atoms with Crippen molar-refractivity contribution < 1.29 is 0 Å². The Hall–Kier alpha value is -2.30. The lowest BCUT2D eigenvalue weighted by atomic mass is 10.0. The highest BCUT2D eigenvalue weighted by Gasteiger charge is 2.06. The molecule has 0 aliphatic carbocycles. The number of nitrogens with one attached hydrogen (secondary N) is 2. The summed E-state index contributed by atoms with van der Waals surface area (Å²) in [6, 6.07) is 9.03. The Morgan fingerprint density at radius 2 is 2.00 bits per heavy atom. The number of guanidine groups is 1. The van der Waals surface area contributed by atoms with Crippen LogP contribution in [0.25, 0.3) is 0 Å². The van der Waals surface area contributed by atoms with Crippen molar-refractivity contribution in [2.45, 2.75) is 52.7 Å². The van der Waals surface area contributed by atoms with Gasteiger partial charge < -0.3 is 15.2 Å². The van der Waals surface area contributed by atoms with Crippen LogP contribution in [-0.2, 0) is 13.1 Å². The quantitative estimate of drug-likeness (QED) is 0.571. The van der Waals surface area contributed by atoms with Gasteiger partial charge in [-0.3, -0.25) is 4.99 Å². The number of aromatic nitrogens is 2. The molecule has 1 aromatic carbocycles. The fraction of sp³-hybridized carbons (Fsp3) is 0.500. The summed E-state index contributed by atoms with van der Waals surface area (Å²) >= 11 is 0. The van der Waals surface area contributed by atoms with Crippen LogP contribution in [0.15, 0.2) is 48.0 Å². The number of hydrogen-bond donors (Lipinski definition) is 2. The molecule has 0 amide bonds. The summed E-state index contributed by atoms with van der Waals surface area (Å²) in [5.74, 6) is 1.59. The third-order valence-electron chi connectivity index (χ3n) is 4.16. The summed E-state index contributed by atoms with van der Waals surface area (Å²) in [5.41, 5.74) is 2.51. The van der Waals surface area contributed by atoms with E-state index in [-0.39, 0.29) is 0 Å². The normalized spacial score (nSPS) is 13.1. The molecule has 5 heteroatoms. The maximum absolute atomic E-state index is 4.34. The summed E-state index contributed by atoms with van der Waals surface area (Å²) in [6.45, 7) is 8.33. The van der Waals surface area contributed by atoms with Gasteiger partial charge in [0.15, 0.2) is 5.96 Å². The molecule has 1 aromatic heterocycles. The minimum Gasteiger partial charge on any atom is -0.354 e. The summed E-state index contributed by atoms with van der Waals surface area (Å²) in [4.78, 5) is 8.43. The second-order valence-electron chi connectivity index (χ2n) is 7.00. The molecule has 1 unspecified atom stereocenters. The van der Waals surface area contributed by atoms with E-state index in [0.29, 0.717) is 6.04 Å². The van der Waals surface area contributed by atoms with Crippen LogP contribution in [0.3, 0.4) is 0 Å². The van der Waals surface area contributed by atoms with E-state index in [4.69, 9.17) is 0 Å². The van der Waals surface area contributed by atoms with Crippen LogP contribution < -0.4 is 10.6 Å². The first-order valence-corrected chi connectivity index (χ1v) is 9.07. The van der Waals surface area contributed by atoms with Crippen molar-refractivity contribution in [1.29, 1.82) is 0 Å². The molecule has 1 atom stereocenters.